The number of aryl methyl sites for hydroxylation is 4. The molecule has 0 unspecified atom stereocenters. The SMILES string of the molecule is Cc1cc(C(c2ccc(C(c3ccc(O)cc3)c3ccc(O)cc3)cc2)c2cc(C)c(O)cc2C)c(C)cc1O. The highest BCUT2D eigenvalue weighted by Gasteiger charge is 2.24. The van der Waals surface area contributed by atoms with E-state index in [0.29, 0.717) is 0 Å². The monoisotopic (exact) mass is 530 g/mol. The normalized spacial score (nSPS) is 11.3. The Morgan fingerprint density at radius 1 is 0.375 bits per heavy atom. The van der Waals surface area contributed by atoms with Crippen LogP contribution in [0.1, 0.15) is 67.5 Å². The van der Waals surface area contributed by atoms with Crippen LogP contribution in [0.4, 0.5) is 0 Å². The van der Waals surface area contributed by atoms with E-state index in [0.717, 1.165) is 55.6 Å². The predicted octanol–water partition coefficient (Wildman–Crippen LogP) is 8.10. The molecule has 0 bridgehead atoms. The maximum atomic E-state index is 10.4. The van der Waals surface area contributed by atoms with Gasteiger partial charge in [0.1, 0.15) is 23.0 Å². The molecule has 5 rings (SSSR count). The zero-order chi connectivity index (χ0) is 28.6. The first-order chi connectivity index (χ1) is 19.1. The minimum Gasteiger partial charge on any atom is -0.508 e. The molecule has 0 aliphatic rings. The van der Waals surface area contributed by atoms with Crippen LogP contribution in [0, 0.1) is 27.7 Å². The fourth-order valence-corrected chi connectivity index (χ4v) is 5.59. The molecule has 4 nitrogen and oxygen atoms in total. The Morgan fingerprint density at radius 3 is 1.02 bits per heavy atom. The van der Waals surface area contributed by atoms with Gasteiger partial charge in [-0.3, -0.25) is 0 Å². The largest absolute Gasteiger partial charge is 0.508 e. The van der Waals surface area contributed by atoms with Crippen LogP contribution >= 0.6 is 0 Å². The molecule has 0 fully saturated rings. The second-order valence-electron chi connectivity index (χ2n) is 10.7. The van der Waals surface area contributed by atoms with Crippen LogP contribution in [0.15, 0.2) is 97.1 Å². The molecule has 5 aromatic carbocycles. The summed E-state index contributed by atoms with van der Waals surface area (Å²) < 4.78 is 0. The summed E-state index contributed by atoms with van der Waals surface area (Å²) >= 11 is 0. The third kappa shape index (κ3) is 5.26. The second kappa shape index (κ2) is 10.8. The van der Waals surface area contributed by atoms with Gasteiger partial charge in [0.2, 0.25) is 0 Å². The summed E-state index contributed by atoms with van der Waals surface area (Å²) in [7, 11) is 0. The van der Waals surface area contributed by atoms with E-state index >= 15 is 0 Å². The first-order valence-electron chi connectivity index (χ1n) is 13.4. The van der Waals surface area contributed by atoms with Gasteiger partial charge in [0.25, 0.3) is 0 Å². The van der Waals surface area contributed by atoms with Crippen molar-refractivity contribution < 1.29 is 20.4 Å². The van der Waals surface area contributed by atoms with E-state index in [1.54, 1.807) is 24.3 Å². The highest BCUT2D eigenvalue weighted by molar-refractivity contribution is 5.55. The molecule has 5 aromatic rings. The van der Waals surface area contributed by atoms with Crippen molar-refractivity contribution in [2.45, 2.75) is 39.5 Å². The van der Waals surface area contributed by atoms with Crippen molar-refractivity contribution in [1.82, 2.24) is 0 Å². The average molecular weight is 531 g/mol. The van der Waals surface area contributed by atoms with Crippen molar-refractivity contribution in [2.75, 3.05) is 0 Å². The Hall–Kier alpha value is -4.70. The van der Waals surface area contributed by atoms with Gasteiger partial charge >= 0.3 is 0 Å². The molecule has 0 saturated heterocycles. The number of phenolic OH excluding ortho intramolecular Hbond substituents is 4. The fourth-order valence-electron chi connectivity index (χ4n) is 5.59. The van der Waals surface area contributed by atoms with E-state index in [1.165, 1.54) is 0 Å². The molecule has 0 heterocycles. The van der Waals surface area contributed by atoms with Crippen LogP contribution < -0.4 is 0 Å². The second-order valence-corrected chi connectivity index (χ2v) is 10.7. The molecule has 0 aliphatic heterocycles. The summed E-state index contributed by atoms with van der Waals surface area (Å²) in [6.07, 6.45) is 0. The minimum atomic E-state index is -0.103. The quantitative estimate of drug-likeness (QED) is 0.167. The number of benzene rings is 5. The molecule has 0 radical (unpaired) electrons. The van der Waals surface area contributed by atoms with E-state index in [2.05, 4.69) is 36.4 Å². The Bertz CT molecular complexity index is 1550. The smallest absolute Gasteiger partial charge is 0.118 e. The third-order valence-electron chi connectivity index (χ3n) is 7.85. The van der Waals surface area contributed by atoms with Crippen molar-refractivity contribution in [1.29, 1.82) is 0 Å². The maximum Gasteiger partial charge on any atom is 0.118 e. The van der Waals surface area contributed by atoms with Crippen LogP contribution in [-0.2, 0) is 0 Å². The lowest BCUT2D eigenvalue weighted by Gasteiger charge is -2.25. The van der Waals surface area contributed by atoms with E-state index in [1.807, 2.05) is 64.1 Å². The first kappa shape index (κ1) is 26.9. The van der Waals surface area contributed by atoms with Gasteiger partial charge in [-0.1, -0.05) is 60.7 Å². The number of rotatable bonds is 6. The van der Waals surface area contributed by atoms with Crippen molar-refractivity contribution >= 4 is 0 Å². The van der Waals surface area contributed by atoms with E-state index in [-0.39, 0.29) is 34.8 Å². The summed E-state index contributed by atoms with van der Waals surface area (Å²) in [5.74, 6) is 0.785. The van der Waals surface area contributed by atoms with Crippen LogP contribution in [0.5, 0.6) is 23.0 Å². The zero-order valence-corrected chi connectivity index (χ0v) is 23.2. The van der Waals surface area contributed by atoms with Crippen LogP contribution in [0.2, 0.25) is 0 Å². The number of hydrogen-bond donors (Lipinski definition) is 4. The minimum absolute atomic E-state index is 0.0935. The van der Waals surface area contributed by atoms with Gasteiger partial charge in [0.15, 0.2) is 0 Å². The van der Waals surface area contributed by atoms with Crippen LogP contribution in [0.3, 0.4) is 0 Å². The van der Waals surface area contributed by atoms with Gasteiger partial charge in [-0.05, 0) is 120 Å². The molecule has 0 atom stereocenters. The van der Waals surface area contributed by atoms with Gasteiger partial charge in [-0.2, -0.15) is 0 Å². The number of phenols is 4. The van der Waals surface area contributed by atoms with Crippen molar-refractivity contribution in [3.63, 3.8) is 0 Å². The Morgan fingerprint density at radius 2 is 0.675 bits per heavy atom. The lowest BCUT2D eigenvalue weighted by molar-refractivity contribution is 0.470. The molecule has 4 heteroatoms. The van der Waals surface area contributed by atoms with Gasteiger partial charge in [0, 0.05) is 11.8 Å². The molecule has 0 amide bonds. The predicted molar refractivity (Wildman–Crippen MR) is 160 cm³/mol. The summed E-state index contributed by atoms with van der Waals surface area (Å²) in [6, 6.07) is 30.8. The lowest BCUT2D eigenvalue weighted by Crippen LogP contribution is -2.09. The first-order valence-corrected chi connectivity index (χ1v) is 13.4. The zero-order valence-electron chi connectivity index (χ0n) is 23.2. The van der Waals surface area contributed by atoms with E-state index < -0.39 is 0 Å². The van der Waals surface area contributed by atoms with Gasteiger partial charge in [0.05, 0.1) is 0 Å². The molecule has 202 valence electrons. The van der Waals surface area contributed by atoms with E-state index in [9.17, 15) is 20.4 Å². The molecule has 0 aliphatic carbocycles. The van der Waals surface area contributed by atoms with Crippen molar-refractivity contribution in [3.8, 4) is 23.0 Å². The Labute approximate surface area is 235 Å². The van der Waals surface area contributed by atoms with Gasteiger partial charge in [-0.15, -0.1) is 0 Å². The van der Waals surface area contributed by atoms with Crippen molar-refractivity contribution in [3.05, 3.63) is 153 Å². The lowest BCUT2D eigenvalue weighted by atomic mass is 9.78. The summed E-state index contributed by atoms with van der Waals surface area (Å²) in [6.45, 7) is 7.86. The van der Waals surface area contributed by atoms with Crippen LogP contribution in [0.25, 0.3) is 0 Å². The summed E-state index contributed by atoms with van der Waals surface area (Å²) in [5, 5.41) is 40.5. The topological polar surface area (TPSA) is 80.9 Å². The number of aromatic hydroxyl groups is 4. The van der Waals surface area contributed by atoms with Gasteiger partial charge in [-0.25, -0.2) is 0 Å². The molecular weight excluding hydrogens is 496 g/mol. The summed E-state index contributed by atoms with van der Waals surface area (Å²) in [4.78, 5) is 0. The summed E-state index contributed by atoms with van der Waals surface area (Å²) in [5.41, 5.74) is 10.1. The highest BCUT2D eigenvalue weighted by atomic mass is 16.3. The number of hydrogen-bond acceptors (Lipinski definition) is 4. The average Bonchev–Trinajstić information content (AvgIpc) is 2.93. The third-order valence-corrected chi connectivity index (χ3v) is 7.85. The fraction of sp³-hybridized carbons (Fsp3) is 0.167. The standard InChI is InChI=1S/C36H34O4/c1-21-19-33(39)23(3)17-31(21)36(32-18-24(4)34(40)20-22(32)2)28-7-5-25(6-8-28)35(26-9-13-29(37)14-10-26)27-11-15-30(38)16-12-27/h5-20,35-40H,1-4H3. The van der Waals surface area contributed by atoms with E-state index in [4.69, 9.17) is 0 Å². The Kier molecular flexibility index (Phi) is 7.27. The van der Waals surface area contributed by atoms with Gasteiger partial charge < -0.3 is 20.4 Å². The molecule has 4 N–H and O–H groups in total. The highest BCUT2D eigenvalue weighted by Crippen LogP contribution is 2.41. The molecular formula is C36H34O4. The molecule has 0 spiro atoms. The maximum absolute atomic E-state index is 10.4. The Balaban J connectivity index is 1.66. The van der Waals surface area contributed by atoms with Crippen molar-refractivity contribution in [2.24, 2.45) is 0 Å². The van der Waals surface area contributed by atoms with Crippen LogP contribution in [-0.4, -0.2) is 20.4 Å². The molecule has 0 saturated carbocycles. The molecule has 40 heavy (non-hydrogen) atoms. The molecule has 0 aromatic heterocycles.